The van der Waals surface area contributed by atoms with Crippen molar-refractivity contribution in [3.63, 3.8) is 0 Å². The molecule has 0 saturated carbocycles. The Morgan fingerprint density at radius 1 is 1.09 bits per heavy atom. The third kappa shape index (κ3) is 4.33. The molecule has 0 fully saturated rings. The number of nitrogens with one attached hydrogen (secondary N) is 1. The van der Waals surface area contributed by atoms with Gasteiger partial charge in [-0.2, -0.15) is 0 Å². The van der Waals surface area contributed by atoms with Crippen molar-refractivity contribution in [1.82, 2.24) is 5.32 Å². The van der Waals surface area contributed by atoms with Gasteiger partial charge in [0, 0.05) is 0 Å². The van der Waals surface area contributed by atoms with E-state index in [4.69, 9.17) is 0 Å². The molecule has 2 rings (SSSR count). The van der Waals surface area contributed by atoms with Crippen molar-refractivity contribution in [3.05, 3.63) is 65.7 Å². The van der Waals surface area contributed by atoms with E-state index in [0.717, 1.165) is 11.1 Å². The van der Waals surface area contributed by atoms with Gasteiger partial charge in [-0.3, -0.25) is 4.79 Å². The lowest BCUT2D eigenvalue weighted by molar-refractivity contribution is -0.126. The second-order valence-corrected chi connectivity index (χ2v) is 6.21. The zero-order valence-corrected chi connectivity index (χ0v) is 13.5. The van der Waals surface area contributed by atoms with Gasteiger partial charge < -0.3 is 15.5 Å². The van der Waals surface area contributed by atoms with E-state index >= 15 is 0 Å². The number of phenols is 1. The number of amides is 1. The fourth-order valence-corrected chi connectivity index (χ4v) is 2.43. The van der Waals surface area contributed by atoms with Crippen molar-refractivity contribution < 1.29 is 15.0 Å². The Hall–Kier alpha value is -2.33. The monoisotopic (exact) mass is 313 g/mol. The maximum Gasteiger partial charge on any atom is 0.230 e. The van der Waals surface area contributed by atoms with Gasteiger partial charge in [-0.15, -0.1) is 0 Å². The minimum absolute atomic E-state index is 0.124. The summed E-state index contributed by atoms with van der Waals surface area (Å²) < 4.78 is 0. The third-order valence-electron chi connectivity index (χ3n) is 4.04. The molecule has 122 valence electrons. The molecule has 4 heteroatoms. The Labute approximate surface area is 136 Å². The highest BCUT2D eigenvalue weighted by atomic mass is 16.3. The molecular formula is C19H23NO3. The van der Waals surface area contributed by atoms with Crippen LogP contribution >= 0.6 is 0 Å². The molecule has 23 heavy (non-hydrogen) atoms. The maximum absolute atomic E-state index is 12.6. The molecule has 0 radical (unpaired) electrons. The first-order valence-electron chi connectivity index (χ1n) is 7.68. The Morgan fingerprint density at radius 2 is 1.70 bits per heavy atom. The lowest BCUT2D eigenvalue weighted by Gasteiger charge is -2.27. The van der Waals surface area contributed by atoms with Gasteiger partial charge in [-0.25, -0.2) is 0 Å². The number of aromatic hydroxyl groups is 1. The lowest BCUT2D eigenvalue weighted by Crippen LogP contribution is -2.47. The number of carbonyl (C=O) groups excluding carboxylic acids is 1. The predicted octanol–water partition coefficient (Wildman–Crippen LogP) is 2.39. The van der Waals surface area contributed by atoms with Crippen molar-refractivity contribution in [2.45, 2.75) is 31.7 Å². The van der Waals surface area contributed by atoms with Gasteiger partial charge in [0.15, 0.2) is 0 Å². The Balaban J connectivity index is 2.06. The molecule has 2 aromatic rings. The summed E-state index contributed by atoms with van der Waals surface area (Å²) in [7, 11) is 0. The molecule has 0 spiro atoms. The van der Waals surface area contributed by atoms with Crippen molar-refractivity contribution >= 4 is 5.91 Å². The average Bonchev–Trinajstić information content (AvgIpc) is 2.56. The standard InChI is InChI=1S/C19H23NO3/c1-19(2,15-6-4-3-5-7-15)18(23)20-16(13-21)12-14-8-10-17(22)11-9-14/h3-11,16,21-22H,12-13H2,1-2H3,(H,20,23)/t16-/m0/s1. The van der Waals surface area contributed by atoms with Gasteiger partial charge in [0.1, 0.15) is 5.75 Å². The van der Waals surface area contributed by atoms with Crippen LogP contribution in [0, 0.1) is 0 Å². The summed E-state index contributed by atoms with van der Waals surface area (Å²) in [4.78, 5) is 12.6. The third-order valence-corrected chi connectivity index (χ3v) is 4.04. The van der Waals surface area contributed by atoms with Gasteiger partial charge in [0.25, 0.3) is 0 Å². The highest BCUT2D eigenvalue weighted by Gasteiger charge is 2.30. The fraction of sp³-hybridized carbons (Fsp3) is 0.316. The van der Waals surface area contributed by atoms with Crippen LogP contribution in [0.1, 0.15) is 25.0 Å². The van der Waals surface area contributed by atoms with Crippen molar-refractivity contribution in [3.8, 4) is 5.75 Å². The SMILES string of the molecule is CC(C)(C(=O)N[C@H](CO)Cc1ccc(O)cc1)c1ccccc1. The molecule has 0 aromatic heterocycles. The van der Waals surface area contributed by atoms with E-state index in [1.165, 1.54) is 0 Å². The zero-order valence-electron chi connectivity index (χ0n) is 13.5. The molecular weight excluding hydrogens is 290 g/mol. The van der Waals surface area contributed by atoms with E-state index in [9.17, 15) is 15.0 Å². The molecule has 0 aliphatic heterocycles. The number of rotatable bonds is 6. The van der Waals surface area contributed by atoms with E-state index in [0.29, 0.717) is 6.42 Å². The van der Waals surface area contributed by atoms with Crippen molar-refractivity contribution in [2.24, 2.45) is 0 Å². The van der Waals surface area contributed by atoms with Crippen LogP contribution in [0.2, 0.25) is 0 Å². The Morgan fingerprint density at radius 3 is 2.26 bits per heavy atom. The average molecular weight is 313 g/mol. The molecule has 2 aromatic carbocycles. The van der Waals surface area contributed by atoms with Gasteiger partial charge in [-0.1, -0.05) is 42.5 Å². The van der Waals surface area contributed by atoms with E-state index in [2.05, 4.69) is 5.32 Å². The molecule has 0 saturated heterocycles. The second kappa shape index (κ2) is 7.29. The topological polar surface area (TPSA) is 69.6 Å². The van der Waals surface area contributed by atoms with Gasteiger partial charge in [0.05, 0.1) is 18.1 Å². The summed E-state index contributed by atoms with van der Waals surface area (Å²) in [6.07, 6.45) is 0.507. The minimum Gasteiger partial charge on any atom is -0.508 e. The summed E-state index contributed by atoms with van der Waals surface area (Å²) in [6, 6.07) is 16.0. The van der Waals surface area contributed by atoms with Crippen LogP contribution in [-0.4, -0.2) is 28.8 Å². The van der Waals surface area contributed by atoms with E-state index < -0.39 is 5.41 Å². The van der Waals surface area contributed by atoms with Crippen molar-refractivity contribution in [2.75, 3.05) is 6.61 Å². The van der Waals surface area contributed by atoms with Crippen LogP contribution in [-0.2, 0) is 16.6 Å². The highest BCUT2D eigenvalue weighted by molar-refractivity contribution is 5.87. The van der Waals surface area contributed by atoms with Crippen LogP contribution in [0.4, 0.5) is 0 Å². The van der Waals surface area contributed by atoms with Gasteiger partial charge in [0.2, 0.25) is 5.91 Å². The molecule has 0 aliphatic rings. The molecule has 0 heterocycles. The summed E-state index contributed by atoms with van der Waals surface area (Å²) in [5.74, 6) is 0.0741. The molecule has 0 aliphatic carbocycles. The highest BCUT2D eigenvalue weighted by Crippen LogP contribution is 2.23. The number of phenolic OH excluding ortho intramolecular Hbond substituents is 1. The van der Waals surface area contributed by atoms with Crippen LogP contribution < -0.4 is 5.32 Å². The second-order valence-electron chi connectivity index (χ2n) is 6.21. The molecule has 1 atom stereocenters. The summed E-state index contributed by atoms with van der Waals surface area (Å²) >= 11 is 0. The molecule has 1 amide bonds. The minimum atomic E-state index is -0.677. The van der Waals surface area contributed by atoms with E-state index in [1.807, 2.05) is 44.2 Å². The first kappa shape index (κ1) is 17.0. The zero-order chi connectivity index (χ0) is 16.9. The molecule has 0 bridgehead atoms. The van der Waals surface area contributed by atoms with Gasteiger partial charge >= 0.3 is 0 Å². The van der Waals surface area contributed by atoms with E-state index in [-0.39, 0.29) is 24.3 Å². The quantitative estimate of drug-likeness (QED) is 0.767. The molecule has 4 nitrogen and oxygen atoms in total. The predicted molar refractivity (Wildman–Crippen MR) is 90.3 cm³/mol. The Bertz CT molecular complexity index is 635. The fourth-order valence-electron chi connectivity index (χ4n) is 2.43. The first-order chi connectivity index (χ1) is 10.9. The summed E-state index contributed by atoms with van der Waals surface area (Å²) in [5, 5.41) is 21.8. The van der Waals surface area contributed by atoms with Crippen LogP contribution in [0.3, 0.4) is 0 Å². The van der Waals surface area contributed by atoms with Crippen molar-refractivity contribution in [1.29, 1.82) is 0 Å². The number of hydrogen-bond donors (Lipinski definition) is 3. The lowest BCUT2D eigenvalue weighted by atomic mass is 9.83. The molecule has 0 unspecified atom stereocenters. The molecule has 3 N–H and O–H groups in total. The number of benzene rings is 2. The summed E-state index contributed by atoms with van der Waals surface area (Å²) in [5.41, 5.74) is 1.20. The van der Waals surface area contributed by atoms with Crippen LogP contribution in [0.25, 0.3) is 0 Å². The summed E-state index contributed by atoms with van der Waals surface area (Å²) in [6.45, 7) is 3.59. The van der Waals surface area contributed by atoms with E-state index in [1.54, 1.807) is 24.3 Å². The largest absolute Gasteiger partial charge is 0.508 e. The Kier molecular flexibility index (Phi) is 5.40. The van der Waals surface area contributed by atoms with Crippen LogP contribution in [0.15, 0.2) is 54.6 Å². The smallest absolute Gasteiger partial charge is 0.230 e. The number of hydrogen-bond acceptors (Lipinski definition) is 3. The number of aliphatic hydroxyl groups excluding tert-OH is 1. The maximum atomic E-state index is 12.6. The number of aliphatic hydroxyl groups is 1. The normalized spacial score (nSPS) is 12.7. The van der Waals surface area contributed by atoms with Gasteiger partial charge in [-0.05, 0) is 43.5 Å². The first-order valence-corrected chi connectivity index (χ1v) is 7.68. The number of carbonyl (C=O) groups is 1. The van der Waals surface area contributed by atoms with Crippen LogP contribution in [0.5, 0.6) is 5.75 Å².